The number of likely N-dealkylation sites (tertiary alicyclic amines) is 1. The maximum Gasteiger partial charge on any atom is 0.0586 e. The highest BCUT2D eigenvalue weighted by molar-refractivity contribution is 4.88. The van der Waals surface area contributed by atoms with Crippen LogP contribution in [0.1, 0.15) is 58.3 Å². The van der Waals surface area contributed by atoms with Crippen molar-refractivity contribution in [3.8, 4) is 0 Å². The fraction of sp³-hybridized carbons (Fsp3) is 1.00. The lowest BCUT2D eigenvalue weighted by Crippen LogP contribution is -2.51. The SMILES string of the molecule is CCC1CCCCC1N1CCCCC1CO. The summed E-state index contributed by atoms with van der Waals surface area (Å²) >= 11 is 0. The van der Waals surface area contributed by atoms with E-state index in [-0.39, 0.29) is 0 Å². The molecule has 0 radical (unpaired) electrons. The van der Waals surface area contributed by atoms with E-state index >= 15 is 0 Å². The molecule has 1 saturated heterocycles. The van der Waals surface area contributed by atoms with Gasteiger partial charge in [0.2, 0.25) is 0 Å². The first-order chi connectivity index (χ1) is 7.86. The van der Waals surface area contributed by atoms with Crippen LogP contribution in [-0.2, 0) is 0 Å². The molecule has 0 amide bonds. The molecule has 1 N–H and O–H groups in total. The van der Waals surface area contributed by atoms with Gasteiger partial charge in [0.05, 0.1) is 6.61 Å². The lowest BCUT2D eigenvalue weighted by atomic mass is 9.80. The van der Waals surface area contributed by atoms with Gasteiger partial charge in [0.1, 0.15) is 0 Å². The van der Waals surface area contributed by atoms with Crippen LogP contribution in [0.3, 0.4) is 0 Å². The molecular weight excluding hydrogens is 198 g/mol. The number of piperidine rings is 1. The van der Waals surface area contributed by atoms with Crippen molar-refractivity contribution in [2.45, 2.75) is 70.4 Å². The van der Waals surface area contributed by atoms with E-state index in [1.807, 2.05) is 0 Å². The first-order valence-corrected chi connectivity index (χ1v) is 7.23. The Balaban J connectivity index is 2.01. The second kappa shape index (κ2) is 6.02. The van der Waals surface area contributed by atoms with Crippen molar-refractivity contribution in [3.63, 3.8) is 0 Å². The minimum absolute atomic E-state index is 0.368. The molecule has 3 atom stereocenters. The van der Waals surface area contributed by atoms with Gasteiger partial charge in [0.25, 0.3) is 0 Å². The molecule has 0 aromatic rings. The first-order valence-electron chi connectivity index (χ1n) is 7.23. The van der Waals surface area contributed by atoms with Crippen molar-refractivity contribution in [1.82, 2.24) is 4.90 Å². The van der Waals surface area contributed by atoms with Crippen molar-refractivity contribution in [1.29, 1.82) is 0 Å². The summed E-state index contributed by atoms with van der Waals surface area (Å²) in [6.07, 6.45) is 10.8. The average Bonchev–Trinajstić information content (AvgIpc) is 2.38. The third-order valence-corrected chi connectivity index (χ3v) is 4.70. The van der Waals surface area contributed by atoms with Crippen molar-refractivity contribution >= 4 is 0 Å². The van der Waals surface area contributed by atoms with Gasteiger partial charge in [-0.15, -0.1) is 0 Å². The van der Waals surface area contributed by atoms with E-state index in [1.54, 1.807) is 0 Å². The van der Waals surface area contributed by atoms with Gasteiger partial charge in [-0.2, -0.15) is 0 Å². The summed E-state index contributed by atoms with van der Waals surface area (Å²) in [6.45, 7) is 3.93. The predicted octanol–water partition coefficient (Wildman–Crippen LogP) is 2.80. The molecule has 2 heteroatoms. The molecule has 94 valence electrons. The van der Waals surface area contributed by atoms with Gasteiger partial charge < -0.3 is 5.11 Å². The maximum atomic E-state index is 9.51. The Labute approximate surface area is 100 Å². The van der Waals surface area contributed by atoms with Crippen LogP contribution >= 0.6 is 0 Å². The summed E-state index contributed by atoms with van der Waals surface area (Å²) in [4.78, 5) is 2.65. The lowest BCUT2D eigenvalue weighted by molar-refractivity contribution is 0.0120. The molecule has 1 heterocycles. The Morgan fingerprint density at radius 3 is 2.56 bits per heavy atom. The van der Waals surface area contributed by atoms with E-state index in [1.165, 1.54) is 57.9 Å². The van der Waals surface area contributed by atoms with E-state index < -0.39 is 0 Å². The lowest BCUT2D eigenvalue weighted by Gasteiger charge is -2.45. The summed E-state index contributed by atoms with van der Waals surface area (Å²) in [5.41, 5.74) is 0. The highest BCUT2D eigenvalue weighted by atomic mass is 16.3. The summed E-state index contributed by atoms with van der Waals surface area (Å²) < 4.78 is 0. The van der Waals surface area contributed by atoms with E-state index in [9.17, 15) is 5.11 Å². The standard InChI is InChI=1S/C14H27NO/c1-2-12-7-3-4-9-14(12)15-10-6-5-8-13(15)11-16/h12-14,16H,2-11H2,1H3. The van der Waals surface area contributed by atoms with E-state index in [2.05, 4.69) is 11.8 Å². The van der Waals surface area contributed by atoms with Crippen LogP contribution in [0, 0.1) is 5.92 Å². The molecule has 0 aromatic carbocycles. The van der Waals surface area contributed by atoms with Gasteiger partial charge in [-0.05, 0) is 38.1 Å². The molecule has 2 aliphatic rings. The monoisotopic (exact) mass is 225 g/mol. The minimum atomic E-state index is 0.368. The molecule has 1 aliphatic carbocycles. The van der Waals surface area contributed by atoms with E-state index in [0.29, 0.717) is 12.6 Å². The number of aliphatic hydroxyl groups is 1. The highest BCUT2D eigenvalue weighted by Gasteiger charge is 2.33. The topological polar surface area (TPSA) is 23.5 Å². The molecule has 0 spiro atoms. The molecule has 2 fully saturated rings. The normalized spacial score (nSPS) is 37.5. The zero-order valence-electron chi connectivity index (χ0n) is 10.7. The van der Waals surface area contributed by atoms with Crippen LogP contribution in [0.5, 0.6) is 0 Å². The number of aliphatic hydroxyl groups excluding tert-OH is 1. The second-order valence-corrected chi connectivity index (χ2v) is 5.59. The molecule has 2 rings (SSSR count). The van der Waals surface area contributed by atoms with Gasteiger partial charge in [0, 0.05) is 12.1 Å². The Kier molecular flexibility index (Phi) is 4.66. The van der Waals surface area contributed by atoms with Gasteiger partial charge in [-0.1, -0.05) is 32.6 Å². The largest absolute Gasteiger partial charge is 0.395 e. The Hall–Kier alpha value is -0.0800. The van der Waals surface area contributed by atoms with Crippen LogP contribution in [0.15, 0.2) is 0 Å². The van der Waals surface area contributed by atoms with Crippen LogP contribution < -0.4 is 0 Å². The third kappa shape index (κ3) is 2.60. The second-order valence-electron chi connectivity index (χ2n) is 5.59. The molecule has 1 aliphatic heterocycles. The molecule has 16 heavy (non-hydrogen) atoms. The molecular formula is C14H27NO. The highest BCUT2D eigenvalue weighted by Crippen LogP contribution is 2.34. The fourth-order valence-corrected chi connectivity index (χ4v) is 3.76. The molecule has 3 unspecified atom stereocenters. The summed E-state index contributed by atoms with van der Waals surface area (Å²) in [5.74, 6) is 0.890. The van der Waals surface area contributed by atoms with Crippen molar-refractivity contribution in [3.05, 3.63) is 0 Å². The van der Waals surface area contributed by atoms with Gasteiger partial charge in [0.15, 0.2) is 0 Å². The number of nitrogens with zero attached hydrogens (tertiary/aromatic N) is 1. The molecule has 0 aromatic heterocycles. The van der Waals surface area contributed by atoms with Gasteiger partial charge in [-0.25, -0.2) is 0 Å². The molecule has 0 bridgehead atoms. The fourth-order valence-electron chi connectivity index (χ4n) is 3.76. The zero-order valence-corrected chi connectivity index (χ0v) is 10.7. The van der Waals surface area contributed by atoms with Crippen LogP contribution in [-0.4, -0.2) is 35.2 Å². The quantitative estimate of drug-likeness (QED) is 0.798. The molecule has 1 saturated carbocycles. The Morgan fingerprint density at radius 2 is 1.81 bits per heavy atom. The van der Waals surface area contributed by atoms with Crippen molar-refractivity contribution in [2.24, 2.45) is 5.92 Å². The van der Waals surface area contributed by atoms with Crippen LogP contribution in [0.4, 0.5) is 0 Å². The number of hydrogen-bond donors (Lipinski definition) is 1. The van der Waals surface area contributed by atoms with E-state index in [0.717, 1.165) is 12.0 Å². The third-order valence-electron chi connectivity index (χ3n) is 4.70. The smallest absolute Gasteiger partial charge is 0.0586 e. The van der Waals surface area contributed by atoms with E-state index in [4.69, 9.17) is 0 Å². The van der Waals surface area contributed by atoms with Gasteiger partial charge in [-0.3, -0.25) is 4.90 Å². The van der Waals surface area contributed by atoms with Crippen LogP contribution in [0.2, 0.25) is 0 Å². The maximum absolute atomic E-state index is 9.51. The van der Waals surface area contributed by atoms with Crippen molar-refractivity contribution in [2.75, 3.05) is 13.2 Å². The summed E-state index contributed by atoms with van der Waals surface area (Å²) in [7, 11) is 0. The average molecular weight is 225 g/mol. The molecule has 2 nitrogen and oxygen atoms in total. The number of rotatable bonds is 3. The Bertz CT molecular complexity index is 185. The van der Waals surface area contributed by atoms with Crippen molar-refractivity contribution < 1.29 is 5.11 Å². The minimum Gasteiger partial charge on any atom is -0.395 e. The predicted molar refractivity (Wildman–Crippen MR) is 67.5 cm³/mol. The van der Waals surface area contributed by atoms with Gasteiger partial charge >= 0.3 is 0 Å². The first kappa shape index (κ1) is 12.4. The summed E-state index contributed by atoms with van der Waals surface area (Å²) in [5, 5.41) is 9.51. The number of hydrogen-bond acceptors (Lipinski definition) is 2. The van der Waals surface area contributed by atoms with Crippen LogP contribution in [0.25, 0.3) is 0 Å². The Morgan fingerprint density at radius 1 is 1.06 bits per heavy atom. The summed E-state index contributed by atoms with van der Waals surface area (Å²) in [6, 6.07) is 1.24. The zero-order chi connectivity index (χ0) is 11.4.